The molecule has 0 saturated carbocycles. The summed E-state index contributed by atoms with van der Waals surface area (Å²) < 4.78 is 1.95. The van der Waals surface area contributed by atoms with E-state index in [0.717, 1.165) is 20.0 Å². The predicted molar refractivity (Wildman–Crippen MR) is 70.5 cm³/mol. The first kappa shape index (κ1) is 12.2. The molecule has 2 aromatic heterocycles. The van der Waals surface area contributed by atoms with Crippen LogP contribution in [0.5, 0.6) is 0 Å². The van der Waals surface area contributed by atoms with Gasteiger partial charge in [-0.15, -0.1) is 10.2 Å². The van der Waals surface area contributed by atoms with Gasteiger partial charge in [0.2, 0.25) is 0 Å². The molecular formula is C9H8ClN3S3. The van der Waals surface area contributed by atoms with Crippen LogP contribution in [0.4, 0.5) is 0 Å². The number of nitrogens with zero attached hydrogens (tertiary/aromatic N) is 3. The van der Waals surface area contributed by atoms with Gasteiger partial charge in [-0.25, -0.2) is 4.98 Å². The lowest BCUT2D eigenvalue weighted by Crippen LogP contribution is -1.84. The van der Waals surface area contributed by atoms with Gasteiger partial charge in [0.25, 0.3) is 0 Å². The molecule has 0 fully saturated rings. The molecule has 0 spiro atoms. The summed E-state index contributed by atoms with van der Waals surface area (Å²) in [7, 11) is 0. The molecule has 0 aliphatic heterocycles. The zero-order valence-corrected chi connectivity index (χ0v) is 11.6. The van der Waals surface area contributed by atoms with Crippen LogP contribution in [0.1, 0.15) is 5.56 Å². The highest BCUT2D eigenvalue weighted by atomic mass is 35.5. The number of pyridine rings is 1. The molecule has 7 heteroatoms. The third-order valence-corrected chi connectivity index (χ3v) is 5.17. The molecule has 0 atom stereocenters. The zero-order valence-electron chi connectivity index (χ0n) is 8.38. The molecule has 0 N–H and O–H groups in total. The van der Waals surface area contributed by atoms with Crippen LogP contribution in [-0.4, -0.2) is 21.4 Å². The van der Waals surface area contributed by atoms with Crippen molar-refractivity contribution >= 4 is 46.5 Å². The number of thioether (sulfide) groups is 2. The van der Waals surface area contributed by atoms with Crippen molar-refractivity contribution in [3.05, 3.63) is 29.0 Å². The van der Waals surface area contributed by atoms with Gasteiger partial charge in [0.15, 0.2) is 8.68 Å². The monoisotopic (exact) mass is 289 g/mol. The fourth-order valence-corrected chi connectivity index (χ4v) is 3.69. The van der Waals surface area contributed by atoms with Crippen LogP contribution in [0.25, 0.3) is 0 Å². The van der Waals surface area contributed by atoms with Gasteiger partial charge in [0.05, 0.1) is 0 Å². The smallest absolute Gasteiger partial charge is 0.175 e. The molecule has 0 radical (unpaired) electrons. The van der Waals surface area contributed by atoms with Crippen LogP contribution in [0.3, 0.4) is 0 Å². The Hall–Kier alpha value is -0.300. The average molecular weight is 290 g/mol. The van der Waals surface area contributed by atoms with Crippen LogP contribution >= 0.6 is 46.5 Å². The second kappa shape index (κ2) is 5.86. The van der Waals surface area contributed by atoms with Gasteiger partial charge in [-0.1, -0.05) is 52.5 Å². The van der Waals surface area contributed by atoms with Crippen LogP contribution in [-0.2, 0) is 5.75 Å². The van der Waals surface area contributed by atoms with Crippen LogP contribution in [0.2, 0.25) is 5.15 Å². The molecule has 2 aromatic rings. The first-order valence-electron chi connectivity index (χ1n) is 4.39. The van der Waals surface area contributed by atoms with Gasteiger partial charge in [-0.3, -0.25) is 0 Å². The number of halogens is 1. The number of hydrogen-bond donors (Lipinski definition) is 0. The van der Waals surface area contributed by atoms with E-state index in [9.17, 15) is 0 Å². The molecule has 84 valence electrons. The largest absolute Gasteiger partial charge is 0.244 e. The van der Waals surface area contributed by atoms with Crippen molar-refractivity contribution < 1.29 is 0 Å². The van der Waals surface area contributed by atoms with Crippen LogP contribution in [0, 0.1) is 0 Å². The summed E-state index contributed by atoms with van der Waals surface area (Å²) in [6.07, 6.45) is 3.68. The normalized spacial score (nSPS) is 10.6. The van der Waals surface area contributed by atoms with E-state index >= 15 is 0 Å². The lowest BCUT2D eigenvalue weighted by Gasteiger charge is -1.99. The highest BCUT2D eigenvalue weighted by molar-refractivity contribution is 8.02. The Labute approximate surface area is 111 Å². The second-order valence-corrected chi connectivity index (χ2v) is 6.39. The Balaban J connectivity index is 1.99. The van der Waals surface area contributed by atoms with Crippen molar-refractivity contribution in [3.63, 3.8) is 0 Å². The molecular weight excluding hydrogens is 282 g/mol. The summed E-state index contributed by atoms with van der Waals surface area (Å²) in [4.78, 5) is 4.03. The van der Waals surface area contributed by atoms with E-state index in [0.29, 0.717) is 5.15 Å². The maximum Gasteiger partial charge on any atom is 0.175 e. The summed E-state index contributed by atoms with van der Waals surface area (Å²) in [6.45, 7) is 0. The van der Waals surface area contributed by atoms with Gasteiger partial charge in [-0.2, -0.15) is 0 Å². The fraction of sp³-hybridized carbons (Fsp3) is 0.222. The molecule has 3 nitrogen and oxygen atoms in total. The van der Waals surface area contributed by atoms with E-state index < -0.39 is 0 Å². The number of aromatic nitrogens is 3. The molecule has 0 aliphatic carbocycles. The maximum absolute atomic E-state index is 5.96. The molecule has 16 heavy (non-hydrogen) atoms. The Kier molecular flexibility index (Phi) is 4.45. The summed E-state index contributed by atoms with van der Waals surface area (Å²) >= 11 is 10.8. The topological polar surface area (TPSA) is 38.7 Å². The third kappa shape index (κ3) is 3.10. The minimum Gasteiger partial charge on any atom is -0.244 e. The lowest BCUT2D eigenvalue weighted by atomic mass is 10.3. The highest BCUT2D eigenvalue weighted by Crippen LogP contribution is 2.30. The van der Waals surface area contributed by atoms with Crippen molar-refractivity contribution in [2.24, 2.45) is 0 Å². The maximum atomic E-state index is 5.96. The van der Waals surface area contributed by atoms with Crippen LogP contribution in [0.15, 0.2) is 27.0 Å². The Morgan fingerprint density at radius 2 is 2.19 bits per heavy atom. The summed E-state index contributed by atoms with van der Waals surface area (Å²) in [6, 6.07) is 3.86. The standard InChI is InChI=1S/C9H8ClN3S3/c1-14-8-12-13-9(16-8)15-5-6-3-2-4-11-7(6)10/h2-4H,5H2,1H3. The average Bonchev–Trinajstić information content (AvgIpc) is 2.76. The minimum atomic E-state index is 0.560. The first-order chi connectivity index (χ1) is 7.79. The van der Waals surface area contributed by atoms with Gasteiger partial charge >= 0.3 is 0 Å². The van der Waals surface area contributed by atoms with E-state index in [1.807, 2.05) is 18.4 Å². The fourth-order valence-electron chi connectivity index (χ4n) is 1.00. The molecule has 2 heterocycles. The molecule has 0 amide bonds. The van der Waals surface area contributed by atoms with Crippen molar-refractivity contribution in [1.82, 2.24) is 15.2 Å². The van der Waals surface area contributed by atoms with Gasteiger partial charge in [0, 0.05) is 11.9 Å². The van der Waals surface area contributed by atoms with Crippen molar-refractivity contribution in [2.45, 2.75) is 14.4 Å². The highest BCUT2D eigenvalue weighted by Gasteiger charge is 2.06. The quantitative estimate of drug-likeness (QED) is 0.635. The predicted octanol–water partition coefficient (Wildman–Crippen LogP) is 3.60. The van der Waals surface area contributed by atoms with Gasteiger partial charge in [0.1, 0.15) is 5.15 Å². The molecule has 0 aliphatic rings. The lowest BCUT2D eigenvalue weighted by molar-refractivity contribution is 0.955. The van der Waals surface area contributed by atoms with Gasteiger partial charge < -0.3 is 0 Å². The number of hydrogen-bond acceptors (Lipinski definition) is 6. The first-order valence-corrected chi connectivity index (χ1v) is 7.80. The SMILES string of the molecule is CSc1nnc(SCc2cccnc2Cl)s1. The molecule has 0 bridgehead atoms. The van der Waals surface area contributed by atoms with Crippen molar-refractivity contribution in [3.8, 4) is 0 Å². The Morgan fingerprint density at radius 1 is 1.38 bits per heavy atom. The summed E-state index contributed by atoms with van der Waals surface area (Å²) in [5.74, 6) is 0.773. The van der Waals surface area contributed by atoms with E-state index in [4.69, 9.17) is 11.6 Å². The Bertz CT molecular complexity index is 475. The van der Waals surface area contributed by atoms with Crippen molar-refractivity contribution in [2.75, 3.05) is 6.26 Å². The minimum absolute atomic E-state index is 0.560. The van der Waals surface area contributed by atoms with E-state index in [1.54, 1.807) is 41.1 Å². The summed E-state index contributed by atoms with van der Waals surface area (Å²) in [5, 5.41) is 8.67. The molecule has 0 saturated heterocycles. The zero-order chi connectivity index (χ0) is 11.4. The molecule has 2 rings (SSSR count). The summed E-state index contributed by atoms with van der Waals surface area (Å²) in [5.41, 5.74) is 1.02. The van der Waals surface area contributed by atoms with E-state index in [-0.39, 0.29) is 0 Å². The van der Waals surface area contributed by atoms with Crippen LogP contribution < -0.4 is 0 Å². The molecule has 0 unspecified atom stereocenters. The van der Waals surface area contributed by atoms with Gasteiger partial charge in [-0.05, 0) is 17.9 Å². The van der Waals surface area contributed by atoms with E-state index in [1.165, 1.54) is 0 Å². The number of rotatable bonds is 4. The third-order valence-electron chi connectivity index (χ3n) is 1.75. The second-order valence-electron chi connectivity index (χ2n) is 2.78. The van der Waals surface area contributed by atoms with E-state index in [2.05, 4.69) is 15.2 Å². The van der Waals surface area contributed by atoms with Crippen molar-refractivity contribution in [1.29, 1.82) is 0 Å². The Morgan fingerprint density at radius 3 is 2.88 bits per heavy atom. The molecule has 0 aromatic carbocycles.